The van der Waals surface area contributed by atoms with E-state index in [0.717, 1.165) is 17.8 Å². The molecule has 1 saturated heterocycles. The number of ether oxygens (including phenoxy) is 1. The first-order chi connectivity index (χ1) is 17.3. The second kappa shape index (κ2) is 9.22. The van der Waals surface area contributed by atoms with Gasteiger partial charge in [0, 0.05) is 28.3 Å². The lowest BCUT2D eigenvalue weighted by atomic mass is 9.86. The van der Waals surface area contributed by atoms with Gasteiger partial charge in [-0.15, -0.1) is 11.3 Å². The van der Waals surface area contributed by atoms with E-state index in [1.807, 2.05) is 12.3 Å². The highest BCUT2D eigenvalue weighted by molar-refractivity contribution is 7.13. The van der Waals surface area contributed by atoms with Gasteiger partial charge in [-0.05, 0) is 32.0 Å². The van der Waals surface area contributed by atoms with Crippen molar-refractivity contribution in [3.63, 3.8) is 0 Å². The maximum atomic E-state index is 15.1. The van der Waals surface area contributed by atoms with E-state index >= 15 is 4.39 Å². The first-order valence-electron chi connectivity index (χ1n) is 11.0. The number of hydrogen-bond acceptors (Lipinski definition) is 7. The molecule has 2 atom stereocenters. The van der Waals surface area contributed by atoms with E-state index in [1.54, 1.807) is 25.1 Å². The molecule has 4 aromatic rings. The first kappa shape index (κ1) is 23.7. The van der Waals surface area contributed by atoms with Gasteiger partial charge in [-0.1, -0.05) is 12.1 Å². The van der Waals surface area contributed by atoms with Crippen LogP contribution in [0.4, 0.5) is 8.78 Å². The second-order valence-corrected chi connectivity index (χ2v) is 9.32. The first-order valence-corrected chi connectivity index (χ1v) is 11.9. The number of halogens is 2. The van der Waals surface area contributed by atoms with Crippen LogP contribution in [0.2, 0.25) is 0 Å². The van der Waals surface area contributed by atoms with Crippen LogP contribution in [-0.4, -0.2) is 43.3 Å². The molecular formula is C25H20F2N6O2S. The van der Waals surface area contributed by atoms with Crippen LogP contribution in [0.5, 0.6) is 0 Å². The average molecular weight is 507 g/mol. The number of nitriles is 1. The average Bonchev–Trinajstić information content (AvgIpc) is 3.60. The number of carbonyl (C=O) groups excluding carboxylic acids is 1. The summed E-state index contributed by atoms with van der Waals surface area (Å²) in [6, 6.07) is 9.64. The Labute approximate surface area is 209 Å². The number of carbonyl (C=O) groups is 1. The Kier molecular flexibility index (Phi) is 6.07. The summed E-state index contributed by atoms with van der Waals surface area (Å²) >= 11 is 1.34. The Morgan fingerprint density at radius 2 is 2.17 bits per heavy atom. The van der Waals surface area contributed by atoms with E-state index in [-0.39, 0.29) is 24.4 Å². The van der Waals surface area contributed by atoms with Gasteiger partial charge in [0.25, 0.3) is 5.91 Å². The summed E-state index contributed by atoms with van der Waals surface area (Å²) in [6.45, 7) is 3.46. The van der Waals surface area contributed by atoms with Gasteiger partial charge in [-0.3, -0.25) is 4.79 Å². The summed E-state index contributed by atoms with van der Waals surface area (Å²) in [5, 5.41) is 16.3. The van der Waals surface area contributed by atoms with Gasteiger partial charge in [0.2, 0.25) is 0 Å². The molecule has 0 radical (unpaired) electrons. The van der Waals surface area contributed by atoms with E-state index < -0.39 is 29.2 Å². The van der Waals surface area contributed by atoms with Crippen LogP contribution >= 0.6 is 11.3 Å². The maximum absolute atomic E-state index is 15.1. The molecule has 0 spiro atoms. The SMILES string of the molecule is Cc1csc(-c2c(C#N)cccc2C(=O)N2COC(Cn3cncn3)(c3ccc(F)cc3F)C2C)n1. The summed E-state index contributed by atoms with van der Waals surface area (Å²) in [7, 11) is 0. The molecule has 0 saturated carbocycles. The summed E-state index contributed by atoms with van der Waals surface area (Å²) in [5.74, 6) is -1.91. The fourth-order valence-electron chi connectivity index (χ4n) is 4.53. The molecule has 11 heteroatoms. The summed E-state index contributed by atoms with van der Waals surface area (Å²) in [6.07, 6.45) is 2.80. The Morgan fingerprint density at radius 1 is 1.33 bits per heavy atom. The number of hydrogen-bond donors (Lipinski definition) is 0. The number of aryl methyl sites for hydroxylation is 1. The molecule has 182 valence electrons. The molecule has 1 amide bonds. The molecule has 2 aromatic carbocycles. The van der Waals surface area contributed by atoms with Crippen LogP contribution in [0.25, 0.3) is 10.6 Å². The van der Waals surface area contributed by atoms with Crippen LogP contribution < -0.4 is 0 Å². The zero-order valence-corrected chi connectivity index (χ0v) is 20.2. The molecule has 5 rings (SSSR count). The molecule has 2 unspecified atom stereocenters. The van der Waals surface area contributed by atoms with E-state index in [0.29, 0.717) is 16.1 Å². The second-order valence-electron chi connectivity index (χ2n) is 8.47. The third-order valence-electron chi connectivity index (χ3n) is 6.36. The molecule has 1 aliphatic rings. The van der Waals surface area contributed by atoms with Gasteiger partial charge in [0.1, 0.15) is 41.6 Å². The molecule has 36 heavy (non-hydrogen) atoms. The van der Waals surface area contributed by atoms with Crippen molar-refractivity contribution in [3.05, 3.63) is 88.5 Å². The summed E-state index contributed by atoms with van der Waals surface area (Å²) < 4.78 is 36.5. The van der Waals surface area contributed by atoms with Gasteiger partial charge < -0.3 is 9.64 Å². The Balaban J connectivity index is 1.59. The number of rotatable bonds is 5. The number of aromatic nitrogens is 4. The minimum atomic E-state index is -1.37. The predicted octanol–water partition coefficient (Wildman–Crippen LogP) is 4.27. The van der Waals surface area contributed by atoms with Crippen molar-refractivity contribution < 1.29 is 18.3 Å². The largest absolute Gasteiger partial charge is 0.346 e. The van der Waals surface area contributed by atoms with Gasteiger partial charge in [-0.2, -0.15) is 10.4 Å². The van der Waals surface area contributed by atoms with Crippen molar-refractivity contribution in [1.82, 2.24) is 24.6 Å². The van der Waals surface area contributed by atoms with Crippen LogP contribution in [-0.2, 0) is 16.9 Å². The quantitative estimate of drug-likeness (QED) is 0.401. The molecule has 1 fully saturated rings. The van der Waals surface area contributed by atoms with Crippen molar-refractivity contribution >= 4 is 17.2 Å². The molecule has 0 aliphatic carbocycles. The predicted molar refractivity (Wildman–Crippen MR) is 127 cm³/mol. The molecular weight excluding hydrogens is 486 g/mol. The maximum Gasteiger partial charge on any atom is 0.256 e. The van der Waals surface area contributed by atoms with Crippen LogP contribution in [0.15, 0.2) is 54.4 Å². The lowest BCUT2D eigenvalue weighted by molar-refractivity contribution is -0.0274. The Bertz CT molecular complexity index is 1480. The molecule has 2 aromatic heterocycles. The Hall–Kier alpha value is -4.01. The van der Waals surface area contributed by atoms with Gasteiger partial charge in [0.15, 0.2) is 0 Å². The lowest BCUT2D eigenvalue weighted by Crippen LogP contribution is -2.46. The van der Waals surface area contributed by atoms with Gasteiger partial charge >= 0.3 is 0 Å². The van der Waals surface area contributed by atoms with E-state index in [9.17, 15) is 14.4 Å². The monoisotopic (exact) mass is 506 g/mol. The van der Waals surface area contributed by atoms with Crippen molar-refractivity contribution in [2.45, 2.75) is 32.0 Å². The number of thiazole rings is 1. The smallest absolute Gasteiger partial charge is 0.256 e. The van der Waals surface area contributed by atoms with Gasteiger partial charge in [0.05, 0.1) is 29.8 Å². The number of benzene rings is 2. The minimum Gasteiger partial charge on any atom is -0.346 e. The van der Waals surface area contributed by atoms with Crippen molar-refractivity contribution in [2.24, 2.45) is 0 Å². The zero-order valence-electron chi connectivity index (χ0n) is 19.4. The van der Waals surface area contributed by atoms with Crippen LogP contribution in [0, 0.1) is 29.9 Å². The topological polar surface area (TPSA) is 96.9 Å². The summed E-state index contributed by atoms with van der Waals surface area (Å²) in [4.78, 5) is 23.8. The number of amides is 1. The molecule has 0 bridgehead atoms. The highest BCUT2D eigenvalue weighted by Gasteiger charge is 2.51. The van der Waals surface area contributed by atoms with Crippen LogP contribution in [0.3, 0.4) is 0 Å². The highest BCUT2D eigenvalue weighted by Crippen LogP contribution is 2.42. The minimum absolute atomic E-state index is 0.0390. The fraction of sp³-hybridized carbons (Fsp3) is 0.240. The van der Waals surface area contributed by atoms with Crippen molar-refractivity contribution in [3.8, 4) is 16.6 Å². The third kappa shape index (κ3) is 3.94. The standard InChI is InChI=1S/C25H20F2N6O2S/c1-15-10-36-23(31-15)22-17(9-28)4-3-5-19(22)24(34)33-14-35-25(16(33)2,11-32-13-29-12-30-32)20-7-6-18(26)8-21(20)27/h3-8,10,12-13,16H,11,14H2,1-2H3. The summed E-state index contributed by atoms with van der Waals surface area (Å²) in [5.41, 5.74) is 0.557. The zero-order chi connectivity index (χ0) is 25.4. The van der Waals surface area contributed by atoms with Crippen LogP contribution in [0.1, 0.15) is 34.1 Å². The fourth-order valence-corrected chi connectivity index (χ4v) is 5.40. The van der Waals surface area contributed by atoms with Crippen molar-refractivity contribution in [2.75, 3.05) is 6.73 Å². The number of nitrogens with zero attached hydrogens (tertiary/aromatic N) is 6. The van der Waals surface area contributed by atoms with E-state index in [1.165, 1.54) is 39.6 Å². The van der Waals surface area contributed by atoms with E-state index in [2.05, 4.69) is 21.1 Å². The Morgan fingerprint density at radius 3 is 2.83 bits per heavy atom. The molecule has 8 nitrogen and oxygen atoms in total. The van der Waals surface area contributed by atoms with Crippen molar-refractivity contribution in [1.29, 1.82) is 5.26 Å². The lowest BCUT2D eigenvalue weighted by Gasteiger charge is -2.34. The molecule has 1 aliphatic heterocycles. The van der Waals surface area contributed by atoms with E-state index in [4.69, 9.17) is 4.74 Å². The third-order valence-corrected chi connectivity index (χ3v) is 7.34. The molecule has 0 N–H and O–H groups in total. The molecule has 3 heterocycles. The highest BCUT2D eigenvalue weighted by atomic mass is 32.1. The van der Waals surface area contributed by atoms with Gasteiger partial charge in [-0.25, -0.2) is 23.4 Å². The normalized spacial score (nSPS) is 19.4.